The van der Waals surface area contributed by atoms with E-state index in [-0.39, 0.29) is 6.04 Å². The van der Waals surface area contributed by atoms with Crippen molar-refractivity contribution in [2.45, 2.75) is 50.7 Å². The number of alkyl halides is 3. The molecule has 0 aliphatic heterocycles. The number of halogens is 4. The van der Waals surface area contributed by atoms with Crippen molar-refractivity contribution in [2.75, 3.05) is 7.05 Å². The Kier molecular flexibility index (Phi) is 5.25. The Morgan fingerprint density at radius 3 is 2.19 bits per heavy atom. The normalized spacial score (nSPS) is 19.3. The monoisotopic (exact) mass is 303 g/mol. The third-order valence-electron chi connectivity index (χ3n) is 4.34. The molecule has 1 aliphatic rings. The van der Waals surface area contributed by atoms with Gasteiger partial charge in [0.05, 0.1) is 5.56 Å². The van der Waals surface area contributed by atoms with E-state index in [0.717, 1.165) is 37.8 Å². The molecule has 0 heterocycles. The maximum Gasteiger partial charge on any atom is 0.419 e. The predicted molar refractivity (Wildman–Crippen MR) is 74.4 cm³/mol. The highest BCUT2D eigenvalue weighted by Gasteiger charge is 2.34. The Bertz CT molecular complexity index is 462. The minimum Gasteiger partial charge on any atom is -0.313 e. The van der Waals surface area contributed by atoms with Gasteiger partial charge in [0, 0.05) is 6.04 Å². The third kappa shape index (κ3) is 3.96. The zero-order chi connectivity index (χ0) is 15.5. The molecule has 0 saturated heterocycles. The van der Waals surface area contributed by atoms with Crippen molar-refractivity contribution in [3.8, 4) is 0 Å². The van der Waals surface area contributed by atoms with Gasteiger partial charge in [-0.15, -0.1) is 0 Å². The summed E-state index contributed by atoms with van der Waals surface area (Å²) in [5.74, 6) is -0.831. The summed E-state index contributed by atoms with van der Waals surface area (Å²) in [5.41, 5.74) is -0.586. The van der Waals surface area contributed by atoms with E-state index in [1.807, 2.05) is 0 Å². The molecular formula is C16H21F4N. The van der Waals surface area contributed by atoms with Gasteiger partial charge in [0.15, 0.2) is 0 Å². The maximum atomic E-state index is 13.7. The predicted octanol–water partition coefficient (Wildman–Crippen LogP) is 5.08. The SMILES string of the molecule is CNC(c1ccc(C(F)(F)F)c(F)c1)C1CCCCCC1. The molecule has 1 unspecified atom stereocenters. The second-order valence-electron chi connectivity index (χ2n) is 5.76. The van der Waals surface area contributed by atoms with Crippen LogP contribution in [-0.2, 0) is 6.18 Å². The van der Waals surface area contributed by atoms with Crippen LogP contribution in [0.2, 0.25) is 0 Å². The topological polar surface area (TPSA) is 12.0 Å². The first kappa shape index (κ1) is 16.3. The average molecular weight is 303 g/mol. The van der Waals surface area contributed by atoms with Gasteiger partial charge < -0.3 is 5.32 Å². The fraction of sp³-hybridized carbons (Fsp3) is 0.625. The van der Waals surface area contributed by atoms with Crippen molar-refractivity contribution < 1.29 is 17.6 Å². The summed E-state index contributed by atoms with van der Waals surface area (Å²) < 4.78 is 51.6. The van der Waals surface area contributed by atoms with E-state index in [9.17, 15) is 17.6 Å². The molecule has 0 aromatic heterocycles. The van der Waals surface area contributed by atoms with E-state index in [1.165, 1.54) is 18.9 Å². The molecule has 1 atom stereocenters. The lowest BCUT2D eigenvalue weighted by Crippen LogP contribution is -2.25. The Morgan fingerprint density at radius 1 is 1.10 bits per heavy atom. The van der Waals surface area contributed by atoms with Crippen molar-refractivity contribution in [2.24, 2.45) is 5.92 Å². The number of rotatable bonds is 3. The Hall–Kier alpha value is -1.10. The van der Waals surface area contributed by atoms with Gasteiger partial charge in [-0.2, -0.15) is 13.2 Å². The molecule has 1 fully saturated rings. The summed E-state index contributed by atoms with van der Waals surface area (Å²) in [7, 11) is 1.78. The van der Waals surface area contributed by atoms with Gasteiger partial charge in [-0.1, -0.05) is 31.7 Å². The molecule has 1 N–H and O–H groups in total. The van der Waals surface area contributed by atoms with Crippen molar-refractivity contribution in [1.82, 2.24) is 5.32 Å². The molecule has 1 aromatic rings. The summed E-state index contributed by atoms with van der Waals surface area (Å²) in [6.45, 7) is 0. The van der Waals surface area contributed by atoms with Gasteiger partial charge in [-0.3, -0.25) is 0 Å². The van der Waals surface area contributed by atoms with Crippen molar-refractivity contribution in [3.63, 3.8) is 0 Å². The van der Waals surface area contributed by atoms with E-state index in [0.29, 0.717) is 11.5 Å². The summed E-state index contributed by atoms with van der Waals surface area (Å²) in [4.78, 5) is 0. The number of benzene rings is 1. The molecule has 1 nitrogen and oxygen atoms in total. The largest absolute Gasteiger partial charge is 0.419 e. The number of hydrogen-bond donors (Lipinski definition) is 1. The molecule has 21 heavy (non-hydrogen) atoms. The van der Waals surface area contributed by atoms with Crippen molar-refractivity contribution in [3.05, 3.63) is 35.1 Å². The molecule has 118 valence electrons. The fourth-order valence-electron chi connectivity index (χ4n) is 3.27. The Labute approximate surface area is 122 Å². The zero-order valence-corrected chi connectivity index (χ0v) is 12.1. The Balaban J connectivity index is 2.24. The maximum absolute atomic E-state index is 13.7. The molecule has 5 heteroatoms. The van der Waals surface area contributed by atoms with Gasteiger partial charge in [0.1, 0.15) is 5.82 Å². The molecule has 0 spiro atoms. The van der Waals surface area contributed by atoms with E-state index in [2.05, 4.69) is 5.32 Å². The first-order valence-corrected chi connectivity index (χ1v) is 7.47. The Morgan fingerprint density at radius 2 is 1.71 bits per heavy atom. The first-order chi connectivity index (χ1) is 9.93. The second-order valence-corrected chi connectivity index (χ2v) is 5.76. The smallest absolute Gasteiger partial charge is 0.313 e. The van der Waals surface area contributed by atoms with Gasteiger partial charge >= 0.3 is 6.18 Å². The van der Waals surface area contributed by atoms with E-state index >= 15 is 0 Å². The average Bonchev–Trinajstić information content (AvgIpc) is 2.67. The minimum absolute atomic E-state index is 0.0834. The lowest BCUT2D eigenvalue weighted by Gasteiger charge is -2.26. The summed E-state index contributed by atoms with van der Waals surface area (Å²) in [5, 5.41) is 3.15. The summed E-state index contributed by atoms with van der Waals surface area (Å²) in [6, 6.07) is 3.21. The van der Waals surface area contributed by atoms with E-state index in [1.54, 1.807) is 7.05 Å². The summed E-state index contributed by atoms with van der Waals surface area (Å²) >= 11 is 0. The molecule has 0 radical (unpaired) electrons. The van der Waals surface area contributed by atoms with Crippen LogP contribution < -0.4 is 5.32 Å². The molecule has 0 bridgehead atoms. The number of nitrogens with one attached hydrogen (secondary N) is 1. The standard InChI is InChI=1S/C16H21F4N/c1-21-15(11-6-4-2-3-5-7-11)12-8-9-13(14(17)10-12)16(18,19)20/h8-11,15,21H,2-7H2,1H3. The lowest BCUT2D eigenvalue weighted by atomic mass is 9.87. The fourth-order valence-corrected chi connectivity index (χ4v) is 3.27. The molecule has 2 rings (SSSR count). The van der Waals surface area contributed by atoms with Crippen LogP contribution in [-0.4, -0.2) is 7.05 Å². The lowest BCUT2D eigenvalue weighted by molar-refractivity contribution is -0.140. The van der Waals surface area contributed by atoms with Crippen LogP contribution in [0.1, 0.15) is 55.7 Å². The van der Waals surface area contributed by atoms with Crippen LogP contribution in [0.15, 0.2) is 18.2 Å². The zero-order valence-electron chi connectivity index (χ0n) is 12.1. The molecule has 1 aliphatic carbocycles. The van der Waals surface area contributed by atoms with Crippen LogP contribution in [0.5, 0.6) is 0 Å². The van der Waals surface area contributed by atoms with Crippen LogP contribution >= 0.6 is 0 Å². The van der Waals surface area contributed by atoms with Crippen LogP contribution in [0.4, 0.5) is 17.6 Å². The van der Waals surface area contributed by atoms with Crippen LogP contribution in [0.3, 0.4) is 0 Å². The highest BCUT2D eigenvalue weighted by molar-refractivity contribution is 5.29. The number of hydrogen-bond acceptors (Lipinski definition) is 1. The molecule has 1 saturated carbocycles. The van der Waals surface area contributed by atoms with E-state index < -0.39 is 17.6 Å². The van der Waals surface area contributed by atoms with Crippen LogP contribution in [0, 0.1) is 11.7 Å². The molecule has 0 amide bonds. The molecule has 1 aromatic carbocycles. The van der Waals surface area contributed by atoms with Crippen molar-refractivity contribution in [1.29, 1.82) is 0 Å². The van der Waals surface area contributed by atoms with Gasteiger partial charge in [0.25, 0.3) is 0 Å². The van der Waals surface area contributed by atoms with Gasteiger partial charge in [-0.25, -0.2) is 4.39 Å². The second kappa shape index (κ2) is 6.77. The third-order valence-corrected chi connectivity index (χ3v) is 4.34. The first-order valence-electron chi connectivity index (χ1n) is 7.47. The highest BCUT2D eigenvalue weighted by atomic mass is 19.4. The van der Waals surface area contributed by atoms with Crippen LogP contribution in [0.25, 0.3) is 0 Å². The highest BCUT2D eigenvalue weighted by Crippen LogP contribution is 2.36. The minimum atomic E-state index is -4.64. The van der Waals surface area contributed by atoms with Crippen molar-refractivity contribution >= 4 is 0 Å². The van der Waals surface area contributed by atoms with E-state index in [4.69, 9.17) is 0 Å². The van der Waals surface area contributed by atoms with Gasteiger partial charge in [-0.05, 0) is 43.5 Å². The summed E-state index contributed by atoms with van der Waals surface area (Å²) in [6.07, 6.45) is 2.10. The van der Waals surface area contributed by atoms with Gasteiger partial charge in [0.2, 0.25) is 0 Å². The quantitative estimate of drug-likeness (QED) is 0.607. The molecular weight excluding hydrogens is 282 g/mol.